The molecule has 642 valence electrons. The summed E-state index contributed by atoms with van der Waals surface area (Å²) in [7, 11) is 4.85. The number of nitrogens with zero attached hydrogens (tertiary/aromatic N) is 14. The fourth-order valence-corrected chi connectivity index (χ4v) is 17.0. The number of piperidine rings is 1. The Bertz CT molecular complexity index is 5370. The van der Waals surface area contributed by atoms with E-state index >= 15 is 0 Å². The predicted molar refractivity (Wildman–Crippen MR) is 464 cm³/mol. The number of anilines is 4. The third-order valence-corrected chi connectivity index (χ3v) is 23.7. The van der Waals surface area contributed by atoms with Gasteiger partial charge < -0.3 is 86.3 Å². The summed E-state index contributed by atoms with van der Waals surface area (Å²) < 4.78 is 29.0. The fourth-order valence-electron chi connectivity index (χ4n) is 17.0. The van der Waals surface area contributed by atoms with Crippen LogP contribution in [0.25, 0.3) is 44.1 Å². The highest BCUT2D eigenvalue weighted by molar-refractivity contribution is 5.98. The summed E-state index contributed by atoms with van der Waals surface area (Å²) in [6, 6.07) is 14.3. The molecule has 34 nitrogen and oxygen atoms in total. The summed E-state index contributed by atoms with van der Waals surface area (Å²) in [5.41, 5.74) is 24.5. The molecule has 10 aromatic rings. The summed E-state index contributed by atoms with van der Waals surface area (Å²) >= 11 is 0. The lowest BCUT2D eigenvalue weighted by Gasteiger charge is -2.27. The Labute approximate surface area is 700 Å². The smallest absolute Gasteiger partial charge is 0.254 e. The van der Waals surface area contributed by atoms with E-state index in [1.54, 1.807) is 52.2 Å². The molecule has 6 fully saturated rings. The second-order valence-electron chi connectivity index (χ2n) is 31.8. The maximum Gasteiger partial charge on any atom is 0.254 e. The highest BCUT2D eigenvalue weighted by atomic mass is 16.5. The van der Waals surface area contributed by atoms with Crippen LogP contribution in [0.1, 0.15) is 224 Å². The molecule has 0 atom stereocenters. The number of nitrogens with one attached hydrogen (secondary N) is 4. The average molecular weight is 1660 g/mol. The van der Waals surface area contributed by atoms with Crippen LogP contribution in [-0.4, -0.2) is 185 Å². The van der Waals surface area contributed by atoms with Crippen molar-refractivity contribution < 1.29 is 38.1 Å². The van der Waals surface area contributed by atoms with Crippen LogP contribution in [0.15, 0.2) is 111 Å². The van der Waals surface area contributed by atoms with E-state index in [0.29, 0.717) is 99.1 Å². The molecule has 10 heterocycles. The van der Waals surface area contributed by atoms with Crippen LogP contribution in [0.3, 0.4) is 0 Å². The molecule has 121 heavy (non-hydrogen) atoms. The third-order valence-electron chi connectivity index (χ3n) is 23.7. The Morgan fingerprint density at radius 3 is 1.01 bits per heavy atom. The van der Waals surface area contributed by atoms with Crippen molar-refractivity contribution >= 4 is 91.6 Å². The second kappa shape index (κ2) is 41.8. The molecule has 16 rings (SSSR count). The monoisotopic (exact) mass is 1660 g/mol. The van der Waals surface area contributed by atoms with Crippen LogP contribution >= 0.6 is 0 Å². The van der Waals surface area contributed by atoms with Gasteiger partial charge in [0.05, 0.1) is 56.1 Å². The Hall–Kier alpha value is -12.0. The number of morpholine rings is 1. The molecule has 2 saturated heterocycles. The van der Waals surface area contributed by atoms with E-state index in [1.807, 2.05) is 54.7 Å². The number of ether oxygens (including phenoxy) is 4. The van der Waals surface area contributed by atoms with Crippen LogP contribution in [0.5, 0.6) is 17.2 Å². The van der Waals surface area contributed by atoms with Gasteiger partial charge in [0.1, 0.15) is 62.1 Å². The van der Waals surface area contributed by atoms with Crippen LogP contribution in [-0.2, 0) is 17.7 Å². The van der Waals surface area contributed by atoms with E-state index in [4.69, 9.17) is 41.9 Å². The number of likely N-dealkylation sites (tertiary alicyclic amines) is 1. The molecule has 4 saturated carbocycles. The summed E-state index contributed by atoms with van der Waals surface area (Å²) in [5.74, 6) is 1.16. The molecule has 0 unspecified atom stereocenters. The van der Waals surface area contributed by atoms with Gasteiger partial charge in [0.2, 0.25) is 45.5 Å². The van der Waals surface area contributed by atoms with E-state index in [0.717, 1.165) is 179 Å². The lowest BCUT2D eigenvalue weighted by atomic mass is 9.95. The molecule has 0 spiro atoms. The Morgan fingerprint density at radius 1 is 0.380 bits per heavy atom. The fraction of sp³-hybridized carbons (Fsp3) is 0.494. The van der Waals surface area contributed by atoms with Crippen molar-refractivity contribution in [1.29, 1.82) is 0 Å². The normalized spacial score (nSPS) is 16.5. The van der Waals surface area contributed by atoms with Crippen LogP contribution in [0, 0.1) is 0 Å². The van der Waals surface area contributed by atoms with Crippen LogP contribution in [0.2, 0.25) is 0 Å². The predicted octanol–water partition coefficient (Wildman–Crippen LogP) is 9.52. The lowest BCUT2D eigenvalue weighted by Crippen LogP contribution is -2.39. The number of amides is 4. The van der Waals surface area contributed by atoms with Gasteiger partial charge in [0, 0.05) is 132 Å². The van der Waals surface area contributed by atoms with E-state index in [-0.39, 0.29) is 51.8 Å². The van der Waals surface area contributed by atoms with Crippen molar-refractivity contribution in [1.82, 2.24) is 67.9 Å². The highest BCUT2D eigenvalue weighted by Crippen LogP contribution is 2.35. The number of benzene rings is 2. The third kappa shape index (κ3) is 22.0. The average Bonchev–Trinajstić information content (AvgIpc) is 0.782. The topological polar surface area (TPSA) is 455 Å². The van der Waals surface area contributed by atoms with E-state index in [9.17, 15) is 38.4 Å². The zero-order valence-corrected chi connectivity index (χ0v) is 69.4. The number of rotatable bonds is 26. The molecular weight excluding hydrogens is 1550 g/mol. The van der Waals surface area contributed by atoms with Crippen molar-refractivity contribution in [2.75, 3.05) is 115 Å². The van der Waals surface area contributed by atoms with Gasteiger partial charge in [-0.15, -0.1) is 0 Å². The summed E-state index contributed by atoms with van der Waals surface area (Å²) in [4.78, 5) is 139. The summed E-state index contributed by atoms with van der Waals surface area (Å²) in [5, 5.41) is 14.3. The van der Waals surface area contributed by atoms with Crippen molar-refractivity contribution in [2.24, 2.45) is 22.9 Å². The summed E-state index contributed by atoms with van der Waals surface area (Å²) in [6.07, 6.45) is 38.6. The van der Waals surface area contributed by atoms with Crippen LogP contribution < -0.4 is 80.1 Å². The first kappa shape index (κ1) is 86.8. The number of carbonyl (C=O) groups excluding carboxylic acids is 4. The maximum atomic E-state index is 12.8. The Morgan fingerprint density at radius 2 is 0.686 bits per heavy atom. The number of carbonyl (C=O) groups is 4. The molecule has 8 aromatic heterocycles. The van der Waals surface area contributed by atoms with E-state index < -0.39 is 39.9 Å². The molecule has 0 bridgehead atoms. The van der Waals surface area contributed by atoms with Gasteiger partial charge in [-0.2, -0.15) is 19.9 Å². The first-order valence-corrected chi connectivity index (χ1v) is 42.5. The van der Waals surface area contributed by atoms with E-state index in [1.165, 1.54) is 75.3 Å². The zero-order valence-electron chi connectivity index (χ0n) is 69.4. The summed E-state index contributed by atoms with van der Waals surface area (Å²) in [6.45, 7) is 10.1. The number of fused-ring (bicyclic) bond motifs is 4. The van der Waals surface area contributed by atoms with Gasteiger partial charge in [-0.3, -0.25) is 43.3 Å². The SMILES string of the molecule is COc1cc(CNc2ncc3c(=O)c(C(N)=O)cn(C4CCCCC4)c3n2)cc(OC)c1.COc1ccc(CCNc2ncc3c(=O)c(C(N)=O)cn(C4CCCCC4)c3n2)cc1.NC(=O)c1cn(C2CCCCC2)c2nc(NCCN3CCCCC3)ncc2c1=O.NC(=O)c1cn(C2CCCCC2)c2nc(NCCN3CCOCC3)ncc2c1=O. The van der Waals surface area contributed by atoms with Gasteiger partial charge >= 0.3 is 0 Å². The van der Waals surface area contributed by atoms with Crippen molar-refractivity contribution in [3.63, 3.8) is 0 Å². The van der Waals surface area contributed by atoms with Crippen molar-refractivity contribution in [3.8, 4) is 17.2 Å². The molecule has 4 aliphatic carbocycles. The van der Waals surface area contributed by atoms with Gasteiger partial charge in [-0.25, -0.2) is 19.9 Å². The quantitative estimate of drug-likeness (QED) is 0.0250. The second-order valence-corrected chi connectivity index (χ2v) is 31.8. The molecule has 4 amide bonds. The first-order valence-electron chi connectivity index (χ1n) is 42.5. The number of hydrogen-bond acceptors (Lipinski definition) is 26. The molecule has 2 aromatic carbocycles. The van der Waals surface area contributed by atoms with Gasteiger partial charge in [-0.1, -0.05) is 95.6 Å². The number of hydrogen-bond donors (Lipinski definition) is 8. The molecule has 2 aliphatic heterocycles. The van der Waals surface area contributed by atoms with Crippen LogP contribution in [0.4, 0.5) is 23.8 Å². The minimum Gasteiger partial charge on any atom is -0.497 e. The number of aromatic nitrogens is 12. The Balaban J connectivity index is 0.000000139. The number of nitrogens with two attached hydrogens (primary N) is 4. The van der Waals surface area contributed by atoms with E-state index in [2.05, 4.69) is 70.9 Å². The van der Waals surface area contributed by atoms with Gasteiger partial charge in [0.25, 0.3) is 23.6 Å². The minimum absolute atomic E-state index is 0.000278. The van der Waals surface area contributed by atoms with Crippen molar-refractivity contribution in [3.05, 3.63) is 166 Å². The standard InChI is InChI=1S/C23H27N5O4.C23H27N5O3.C21H30N6O2.C20H28N6O3/c1-31-16-8-14(9-17(10-16)32-2)11-25-23-26-12-18-20(29)19(21(24)30)13-28(22(18)27-23)15-6-4-3-5-7-15;1-31-17-9-7-15(8-10-17)11-12-25-23-26-13-18-20(29)19(21(24)30)14-28(22(18)27-23)16-5-3-2-4-6-16;22-19(29)17-14-27(15-7-3-1-4-8-15)20-16(18(17)28)13-24-21(25-20)23-9-12-26-10-5-2-6-11-26;21-18(28)16-13-26(14-4-2-1-3-5-14)19-15(17(16)27)12-23-20(24-19)22-6-7-25-8-10-29-11-9-25/h8-10,12-13,15H,3-7,11H2,1-2H3,(H2,24,30)(H,25,26,27);7-10,13-14,16H,2-6,11-12H2,1H3,(H2,24,30)(H,25,26,27);13-15H,1-12H2,(H2,22,29)(H,23,24,25);12-14H,1-11H2,(H2,21,28)(H,22,23,24). The number of primary amides is 4. The zero-order chi connectivity index (χ0) is 84.9. The number of methoxy groups -OCH3 is 3. The largest absolute Gasteiger partial charge is 0.497 e. The maximum absolute atomic E-state index is 12.8. The molecular formula is C87H112N22O12. The molecule has 12 N–H and O–H groups in total. The molecule has 6 aliphatic rings. The van der Waals surface area contributed by atoms with Gasteiger partial charge in [-0.05, 0) is 119 Å². The highest BCUT2D eigenvalue weighted by Gasteiger charge is 2.28. The Kier molecular flexibility index (Phi) is 30.0. The lowest BCUT2D eigenvalue weighted by molar-refractivity contribution is 0.0398. The minimum atomic E-state index is -0.740. The van der Waals surface area contributed by atoms with Crippen molar-refractivity contribution in [2.45, 2.75) is 185 Å². The molecule has 34 heteroatoms. The first-order chi connectivity index (χ1) is 58.8. The number of pyridine rings is 4. The van der Waals surface area contributed by atoms with Gasteiger partial charge in [0.15, 0.2) is 0 Å². The molecule has 0 radical (unpaired) electrons.